The first-order valence-electron chi connectivity index (χ1n) is 10.9. The fourth-order valence-corrected chi connectivity index (χ4v) is 3.81. The molecule has 1 fully saturated rings. The highest BCUT2D eigenvalue weighted by molar-refractivity contribution is 5.70. The normalized spacial score (nSPS) is 14.9. The highest BCUT2D eigenvalue weighted by atomic mass is 16.5. The molecule has 0 aliphatic carbocycles. The van der Waals surface area contributed by atoms with Crippen LogP contribution in [0.25, 0.3) is 34.0 Å². The number of ether oxygens (including phenoxy) is 1. The van der Waals surface area contributed by atoms with Crippen LogP contribution in [0, 0.1) is 0 Å². The number of pyridine rings is 1. The van der Waals surface area contributed by atoms with Gasteiger partial charge in [0.05, 0.1) is 30.3 Å². The van der Waals surface area contributed by atoms with Gasteiger partial charge < -0.3 is 9.64 Å². The van der Waals surface area contributed by atoms with Crippen LogP contribution in [0.1, 0.15) is 6.92 Å². The molecule has 0 N–H and O–H groups in total. The third kappa shape index (κ3) is 4.20. The van der Waals surface area contributed by atoms with Gasteiger partial charge >= 0.3 is 0 Å². The number of morpholine rings is 1. The summed E-state index contributed by atoms with van der Waals surface area (Å²) < 4.78 is 9.28. The molecule has 4 aromatic rings. The molecule has 0 unspecified atom stereocenters. The molecular weight excluding hydrogens is 414 g/mol. The van der Waals surface area contributed by atoms with Crippen LogP contribution in [0.3, 0.4) is 0 Å². The smallest absolute Gasteiger partial charge is 0.158 e. The summed E-state index contributed by atoms with van der Waals surface area (Å²) in [7, 11) is 0. The van der Waals surface area contributed by atoms with E-state index >= 15 is 0 Å². The average Bonchev–Trinajstić information content (AvgIpc) is 3.53. The molecule has 33 heavy (non-hydrogen) atoms. The maximum Gasteiger partial charge on any atom is 0.158 e. The van der Waals surface area contributed by atoms with Crippen molar-refractivity contribution in [1.82, 2.24) is 29.4 Å². The fourth-order valence-electron chi connectivity index (χ4n) is 3.81. The lowest BCUT2D eigenvalue weighted by Crippen LogP contribution is -2.37. The molecule has 5 rings (SSSR count). The lowest BCUT2D eigenvalue weighted by molar-refractivity contribution is 0.122. The second kappa shape index (κ2) is 9.22. The van der Waals surface area contributed by atoms with Gasteiger partial charge in [0.1, 0.15) is 11.5 Å². The average molecular weight is 440 g/mol. The Labute approximate surface area is 192 Å². The molecule has 8 heteroatoms. The monoisotopic (exact) mass is 439 g/mol. The van der Waals surface area contributed by atoms with Crippen molar-refractivity contribution >= 4 is 17.2 Å². The molecule has 5 heterocycles. The number of hydrogen-bond donors (Lipinski definition) is 0. The van der Waals surface area contributed by atoms with E-state index in [4.69, 9.17) is 19.9 Å². The van der Waals surface area contributed by atoms with Gasteiger partial charge in [-0.25, -0.2) is 9.67 Å². The van der Waals surface area contributed by atoms with Crippen LogP contribution in [0.15, 0.2) is 79.8 Å². The van der Waals surface area contributed by atoms with Crippen molar-refractivity contribution in [3.63, 3.8) is 0 Å². The second-order valence-corrected chi connectivity index (χ2v) is 7.60. The van der Waals surface area contributed by atoms with Crippen LogP contribution < -0.4 is 4.90 Å². The van der Waals surface area contributed by atoms with Gasteiger partial charge in [-0.15, -0.1) is 0 Å². The predicted octanol–water partition coefficient (Wildman–Crippen LogP) is 4.09. The number of rotatable bonds is 6. The van der Waals surface area contributed by atoms with Gasteiger partial charge in [-0.1, -0.05) is 18.7 Å². The summed E-state index contributed by atoms with van der Waals surface area (Å²) in [5.41, 5.74) is 5.08. The lowest BCUT2D eigenvalue weighted by atomic mass is 10.2. The molecule has 0 bridgehead atoms. The maximum absolute atomic E-state index is 5.57. The van der Waals surface area contributed by atoms with Gasteiger partial charge in [0, 0.05) is 49.4 Å². The zero-order chi connectivity index (χ0) is 22.6. The highest BCUT2D eigenvalue weighted by Crippen LogP contribution is 2.27. The first-order valence-corrected chi connectivity index (χ1v) is 10.9. The first kappa shape index (κ1) is 20.8. The summed E-state index contributed by atoms with van der Waals surface area (Å²) in [6, 6.07) is 9.92. The van der Waals surface area contributed by atoms with Crippen molar-refractivity contribution < 1.29 is 4.74 Å². The summed E-state index contributed by atoms with van der Waals surface area (Å²) in [6.45, 7) is 8.84. The van der Waals surface area contributed by atoms with Crippen molar-refractivity contribution in [3.8, 4) is 22.6 Å². The first-order chi connectivity index (χ1) is 16.3. The Bertz CT molecular complexity index is 1330. The van der Waals surface area contributed by atoms with E-state index in [1.807, 2.05) is 60.1 Å². The van der Waals surface area contributed by atoms with E-state index in [2.05, 4.69) is 22.5 Å². The van der Waals surface area contributed by atoms with E-state index in [9.17, 15) is 0 Å². The zero-order valence-electron chi connectivity index (χ0n) is 18.5. The standard InChI is InChI=1S/C25H25N7O/c1-3-5-6-20(4-2)31-12-9-21(28-31)23-18-25(30-13-15-33-16-14-30)32-24(27-23)17-22(29-32)19-7-10-26-11-8-19/h3-12,17-18H,2,13-16H2,1H3/b5-3-,20-6+. The molecule has 0 aromatic carbocycles. The van der Waals surface area contributed by atoms with E-state index in [1.54, 1.807) is 23.2 Å². The molecule has 0 saturated carbocycles. The number of nitrogens with zero attached hydrogens (tertiary/aromatic N) is 7. The third-order valence-corrected chi connectivity index (χ3v) is 5.50. The summed E-state index contributed by atoms with van der Waals surface area (Å²) in [6.07, 6.45) is 13.1. The van der Waals surface area contributed by atoms with E-state index in [0.29, 0.717) is 13.2 Å². The van der Waals surface area contributed by atoms with Crippen molar-refractivity contribution in [2.75, 3.05) is 31.2 Å². The number of allylic oxidation sites excluding steroid dienone is 5. The topological polar surface area (TPSA) is 73.4 Å². The second-order valence-electron chi connectivity index (χ2n) is 7.60. The molecule has 1 aliphatic rings. The van der Waals surface area contributed by atoms with Crippen LogP contribution in [0.5, 0.6) is 0 Å². The molecule has 1 saturated heterocycles. The van der Waals surface area contributed by atoms with E-state index in [1.165, 1.54) is 0 Å². The Hall–Kier alpha value is -4.04. The van der Waals surface area contributed by atoms with Crippen LogP contribution in [-0.2, 0) is 4.74 Å². The van der Waals surface area contributed by atoms with E-state index in [-0.39, 0.29) is 0 Å². The Morgan fingerprint density at radius 1 is 1.03 bits per heavy atom. The number of anilines is 1. The molecular formula is C25H25N7O. The van der Waals surface area contributed by atoms with E-state index in [0.717, 1.165) is 52.9 Å². The van der Waals surface area contributed by atoms with Crippen molar-refractivity contribution in [2.45, 2.75) is 6.92 Å². The molecule has 0 radical (unpaired) electrons. The maximum atomic E-state index is 5.57. The number of fused-ring (bicyclic) bond motifs is 1. The molecule has 4 aromatic heterocycles. The SMILES string of the molecule is C=C/C(=C\C=C/C)n1ccc(-c2cc(N3CCOCC3)n3nc(-c4ccncc4)cc3n2)n1. The summed E-state index contributed by atoms with van der Waals surface area (Å²) in [5.74, 6) is 0.974. The summed E-state index contributed by atoms with van der Waals surface area (Å²) in [4.78, 5) is 11.3. The fraction of sp³-hybridized carbons (Fsp3) is 0.200. The molecule has 1 aliphatic heterocycles. The number of hydrogen-bond acceptors (Lipinski definition) is 6. The Balaban J connectivity index is 1.62. The van der Waals surface area contributed by atoms with E-state index < -0.39 is 0 Å². The van der Waals surface area contributed by atoms with Gasteiger partial charge in [0.25, 0.3) is 0 Å². The van der Waals surface area contributed by atoms with Crippen molar-refractivity contribution in [3.05, 3.63) is 79.8 Å². The lowest BCUT2D eigenvalue weighted by Gasteiger charge is -2.29. The molecule has 0 atom stereocenters. The van der Waals surface area contributed by atoms with Crippen LogP contribution in [0.4, 0.5) is 5.82 Å². The van der Waals surface area contributed by atoms with Gasteiger partial charge in [0.2, 0.25) is 0 Å². The Morgan fingerprint density at radius 2 is 1.85 bits per heavy atom. The molecule has 0 amide bonds. The van der Waals surface area contributed by atoms with Gasteiger partial charge in [0.15, 0.2) is 5.65 Å². The molecule has 0 spiro atoms. The van der Waals surface area contributed by atoms with Crippen LogP contribution in [0.2, 0.25) is 0 Å². The van der Waals surface area contributed by atoms with Gasteiger partial charge in [-0.05, 0) is 37.3 Å². The minimum absolute atomic E-state index is 0.685. The minimum atomic E-state index is 0.685. The third-order valence-electron chi connectivity index (χ3n) is 5.50. The Kier molecular flexibility index (Phi) is 5.82. The predicted molar refractivity (Wildman–Crippen MR) is 130 cm³/mol. The Morgan fingerprint density at radius 3 is 2.61 bits per heavy atom. The molecule has 8 nitrogen and oxygen atoms in total. The van der Waals surface area contributed by atoms with Gasteiger partial charge in [-0.3, -0.25) is 4.98 Å². The zero-order valence-corrected chi connectivity index (χ0v) is 18.5. The van der Waals surface area contributed by atoms with Crippen molar-refractivity contribution in [2.24, 2.45) is 0 Å². The van der Waals surface area contributed by atoms with Crippen LogP contribution >= 0.6 is 0 Å². The summed E-state index contributed by atoms with van der Waals surface area (Å²) >= 11 is 0. The minimum Gasteiger partial charge on any atom is -0.378 e. The largest absolute Gasteiger partial charge is 0.378 e. The van der Waals surface area contributed by atoms with Crippen molar-refractivity contribution in [1.29, 1.82) is 0 Å². The summed E-state index contributed by atoms with van der Waals surface area (Å²) in [5, 5.41) is 9.62. The van der Waals surface area contributed by atoms with Gasteiger partial charge in [-0.2, -0.15) is 14.7 Å². The van der Waals surface area contributed by atoms with Crippen LogP contribution in [-0.4, -0.2) is 55.7 Å². The quantitative estimate of drug-likeness (QED) is 0.421. The molecule has 166 valence electrons. The number of aromatic nitrogens is 6. The highest BCUT2D eigenvalue weighted by Gasteiger charge is 2.19.